The van der Waals surface area contributed by atoms with Crippen LogP contribution in [-0.4, -0.2) is 42.3 Å². The molecule has 1 atom stereocenters. The summed E-state index contributed by atoms with van der Waals surface area (Å²) in [6.07, 6.45) is 3.16. The van der Waals surface area contributed by atoms with Gasteiger partial charge in [-0.15, -0.1) is 0 Å². The van der Waals surface area contributed by atoms with Gasteiger partial charge in [-0.3, -0.25) is 0 Å². The largest absolute Gasteiger partial charge is 0.444 e. The fourth-order valence-corrected chi connectivity index (χ4v) is 1.98. The lowest BCUT2D eigenvalue weighted by Crippen LogP contribution is -2.49. The molecule has 1 N–H and O–H groups in total. The summed E-state index contributed by atoms with van der Waals surface area (Å²) in [6.45, 7) is 10.5. The van der Waals surface area contributed by atoms with E-state index < -0.39 is 5.60 Å². The van der Waals surface area contributed by atoms with Gasteiger partial charge in [0.1, 0.15) is 5.60 Å². The van der Waals surface area contributed by atoms with Gasteiger partial charge in [-0.25, -0.2) is 4.79 Å². The van der Waals surface area contributed by atoms with E-state index in [4.69, 9.17) is 4.74 Å². The van der Waals surface area contributed by atoms with Gasteiger partial charge in [-0.2, -0.15) is 0 Å². The molecule has 1 rings (SSSR count). The van der Waals surface area contributed by atoms with E-state index >= 15 is 0 Å². The van der Waals surface area contributed by atoms with Crippen molar-refractivity contribution >= 4 is 6.09 Å². The Morgan fingerprint density at radius 1 is 1.47 bits per heavy atom. The van der Waals surface area contributed by atoms with Crippen LogP contribution < -0.4 is 5.32 Å². The average Bonchev–Trinajstić information content (AvgIpc) is 2.24. The zero-order valence-corrected chi connectivity index (χ0v) is 11.6. The number of nitrogens with one attached hydrogen (secondary N) is 1. The molecule has 1 aliphatic heterocycles. The van der Waals surface area contributed by atoms with Crippen molar-refractivity contribution in [3.63, 3.8) is 0 Å². The summed E-state index contributed by atoms with van der Waals surface area (Å²) in [6, 6.07) is 0.427. The molecule has 4 heteroatoms. The van der Waals surface area contributed by atoms with Gasteiger partial charge >= 0.3 is 6.09 Å². The van der Waals surface area contributed by atoms with Crippen LogP contribution in [0.5, 0.6) is 0 Å². The van der Waals surface area contributed by atoms with Gasteiger partial charge < -0.3 is 15.0 Å². The molecule has 0 aromatic rings. The van der Waals surface area contributed by atoms with Crippen LogP contribution in [0, 0.1) is 0 Å². The van der Waals surface area contributed by atoms with Crippen LogP contribution in [0.3, 0.4) is 0 Å². The second kappa shape index (κ2) is 6.24. The van der Waals surface area contributed by atoms with E-state index in [1.807, 2.05) is 25.7 Å². The van der Waals surface area contributed by atoms with Gasteiger partial charge in [0.2, 0.25) is 0 Å². The third-order valence-corrected chi connectivity index (χ3v) is 2.76. The van der Waals surface area contributed by atoms with Crippen LogP contribution in [0.15, 0.2) is 0 Å². The summed E-state index contributed by atoms with van der Waals surface area (Å²) in [5.74, 6) is 0. The highest BCUT2D eigenvalue weighted by Gasteiger charge is 2.27. The van der Waals surface area contributed by atoms with E-state index in [1.165, 1.54) is 0 Å². The van der Waals surface area contributed by atoms with Crippen molar-refractivity contribution in [1.29, 1.82) is 0 Å². The molecule has 0 aliphatic carbocycles. The molecule has 1 unspecified atom stereocenters. The maximum Gasteiger partial charge on any atom is 0.410 e. The minimum absolute atomic E-state index is 0.180. The molecule has 0 bridgehead atoms. The number of hydrogen-bond acceptors (Lipinski definition) is 3. The number of carbonyl (C=O) groups excluding carboxylic acids is 1. The molecule has 0 aromatic carbocycles. The second-order valence-electron chi connectivity index (χ2n) is 5.72. The molecule has 1 heterocycles. The molecule has 1 fully saturated rings. The lowest BCUT2D eigenvalue weighted by molar-refractivity contribution is 0.0188. The minimum atomic E-state index is -0.402. The smallest absolute Gasteiger partial charge is 0.410 e. The molecule has 0 radical (unpaired) electrons. The van der Waals surface area contributed by atoms with Crippen molar-refractivity contribution in [3.8, 4) is 0 Å². The molecular formula is C13H26N2O2. The Bertz CT molecular complexity index is 248. The van der Waals surface area contributed by atoms with Gasteiger partial charge in [0, 0.05) is 19.1 Å². The number of rotatable bonds is 3. The topological polar surface area (TPSA) is 41.6 Å². The lowest BCUT2D eigenvalue weighted by atomic mass is 10.1. The third kappa shape index (κ3) is 5.39. The predicted octanol–water partition coefficient (Wildman–Crippen LogP) is 2.39. The van der Waals surface area contributed by atoms with E-state index in [2.05, 4.69) is 12.2 Å². The molecule has 1 aliphatic rings. The van der Waals surface area contributed by atoms with Crippen LogP contribution in [0.1, 0.15) is 47.0 Å². The van der Waals surface area contributed by atoms with E-state index in [9.17, 15) is 4.79 Å². The number of ether oxygens (including phenoxy) is 1. The van der Waals surface area contributed by atoms with Crippen LogP contribution >= 0.6 is 0 Å². The lowest BCUT2D eigenvalue weighted by Gasteiger charge is -2.34. The summed E-state index contributed by atoms with van der Waals surface area (Å²) in [5.41, 5.74) is -0.402. The van der Waals surface area contributed by atoms with Gasteiger partial charge in [0.05, 0.1) is 0 Å². The summed E-state index contributed by atoms with van der Waals surface area (Å²) in [5, 5.41) is 3.47. The first-order valence-electron chi connectivity index (χ1n) is 6.63. The fraction of sp³-hybridized carbons (Fsp3) is 0.923. The maximum absolute atomic E-state index is 11.9. The van der Waals surface area contributed by atoms with Crippen molar-refractivity contribution in [1.82, 2.24) is 10.2 Å². The Kier molecular flexibility index (Phi) is 5.25. The van der Waals surface area contributed by atoms with Crippen LogP contribution in [0.2, 0.25) is 0 Å². The summed E-state index contributed by atoms with van der Waals surface area (Å²) in [7, 11) is 0. The quantitative estimate of drug-likeness (QED) is 0.826. The van der Waals surface area contributed by atoms with Crippen molar-refractivity contribution in [2.75, 3.05) is 19.6 Å². The second-order valence-corrected chi connectivity index (χ2v) is 5.72. The molecular weight excluding hydrogens is 216 g/mol. The Hall–Kier alpha value is -0.770. The maximum atomic E-state index is 11.9. The molecule has 0 saturated carbocycles. The number of hydrogen-bond donors (Lipinski definition) is 1. The minimum Gasteiger partial charge on any atom is -0.444 e. The molecule has 1 amide bonds. The first kappa shape index (κ1) is 14.3. The molecule has 4 nitrogen and oxygen atoms in total. The first-order chi connectivity index (χ1) is 7.92. The fourth-order valence-electron chi connectivity index (χ4n) is 1.98. The third-order valence-electron chi connectivity index (χ3n) is 2.76. The van der Waals surface area contributed by atoms with Crippen molar-refractivity contribution < 1.29 is 9.53 Å². The van der Waals surface area contributed by atoms with E-state index in [-0.39, 0.29) is 6.09 Å². The summed E-state index contributed by atoms with van der Waals surface area (Å²) < 4.78 is 5.39. The zero-order valence-electron chi connectivity index (χ0n) is 11.6. The van der Waals surface area contributed by atoms with Crippen LogP contribution in [0.25, 0.3) is 0 Å². The highest BCUT2D eigenvalue weighted by molar-refractivity contribution is 5.68. The number of nitrogens with zero attached hydrogens (tertiary/aromatic N) is 1. The van der Waals surface area contributed by atoms with E-state index in [1.54, 1.807) is 0 Å². The van der Waals surface area contributed by atoms with Gasteiger partial charge in [0.25, 0.3) is 0 Å². The van der Waals surface area contributed by atoms with Crippen molar-refractivity contribution in [2.45, 2.75) is 58.6 Å². The van der Waals surface area contributed by atoms with Gasteiger partial charge in [0.15, 0.2) is 0 Å². The average molecular weight is 242 g/mol. The first-order valence-corrected chi connectivity index (χ1v) is 6.63. The Labute approximate surface area is 105 Å². The molecule has 100 valence electrons. The Morgan fingerprint density at radius 2 is 2.18 bits per heavy atom. The monoisotopic (exact) mass is 242 g/mol. The van der Waals surface area contributed by atoms with Gasteiger partial charge in [-0.05, 0) is 46.6 Å². The van der Waals surface area contributed by atoms with Crippen molar-refractivity contribution in [2.24, 2.45) is 0 Å². The summed E-state index contributed by atoms with van der Waals surface area (Å²) in [4.78, 5) is 13.7. The zero-order chi connectivity index (χ0) is 12.9. The molecule has 0 spiro atoms. The normalized spacial score (nSPS) is 21.4. The highest BCUT2D eigenvalue weighted by atomic mass is 16.6. The van der Waals surface area contributed by atoms with Crippen LogP contribution in [0.4, 0.5) is 4.79 Å². The predicted molar refractivity (Wildman–Crippen MR) is 69.1 cm³/mol. The SMILES string of the molecule is CCCNC1CCCN(C(=O)OC(C)(C)C)C1. The van der Waals surface area contributed by atoms with Crippen LogP contribution in [-0.2, 0) is 4.74 Å². The molecule has 17 heavy (non-hydrogen) atoms. The number of carbonyl (C=O) groups is 1. The number of likely N-dealkylation sites (tertiary alicyclic amines) is 1. The van der Waals surface area contributed by atoms with Crippen molar-refractivity contribution in [3.05, 3.63) is 0 Å². The number of piperidine rings is 1. The Morgan fingerprint density at radius 3 is 2.76 bits per heavy atom. The highest BCUT2D eigenvalue weighted by Crippen LogP contribution is 2.15. The Balaban J connectivity index is 2.40. The summed E-state index contributed by atoms with van der Waals surface area (Å²) >= 11 is 0. The van der Waals surface area contributed by atoms with Gasteiger partial charge in [-0.1, -0.05) is 6.92 Å². The number of amides is 1. The van der Waals surface area contributed by atoms with E-state index in [0.29, 0.717) is 6.04 Å². The standard InChI is InChI=1S/C13H26N2O2/c1-5-8-14-11-7-6-9-15(10-11)12(16)17-13(2,3)4/h11,14H,5-10H2,1-4H3. The van der Waals surface area contributed by atoms with E-state index in [0.717, 1.165) is 38.9 Å². The molecule has 0 aromatic heterocycles. The molecule has 1 saturated heterocycles.